The molecule has 21 heavy (non-hydrogen) atoms. The molecule has 1 aromatic rings. The van der Waals surface area contributed by atoms with Crippen LogP contribution in [0.4, 0.5) is 0 Å². The number of aromatic nitrogens is 3. The molecule has 2 heterocycles. The zero-order valence-corrected chi connectivity index (χ0v) is 15.1. The summed E-state index contributed by atoms with van der Waals surface area (Å²) in [6, 6.07) is 1.73. The van der Waals surface area contributed by atoms with Crippen LogP contribution in [0.3, 0.4) is 0 Å². The fourth-order valence-electron chi connectivity index (χ4n) is 3.26. The van der Waals surface area contributed by atoms with E-state index in [-0.39, 0.29) is 0 Å². The monoisotopic (exact) mass is 294 g/mol. The molecule has 0 radical (unpaired) electrons. The molecule has 0 bridgehead atoms. The highest BCUT2D eigenvalue weighted by molar-refractivity contribution is 5.01. The minimum atomic E-state index is 0.429. The summed E-state index contributed by atoms with van der Waals surface area (Å²) < 4.78 is 2.32. The van der Waals surface area contributed by atoms with Crippen LogP contribution < -0.4 is 5.32 Å². The van der Waals surface area contributed by atoms with E-state index in [9.17, 15) is 0 Å². The van der Waals surface area contributed by atoms with Crippen molar-refractivity contribution < 1.29 is 0 Å². The Morgan fingerprint density at radius 3 is 2.29 bits per heavy atom. The van der Waals surface area contributed by atoms with E-state index in [4.69, 9.17) is 0 Å². The molecule has 1 aliphatic heterocycles. The SMILES string of the molecule is CC.Cc1nnc(C(C)C)n1C(C)CC1CC(C)C(C)N1. The first-order valence-electron chi connectivity index (χ1n) is 8.57. The number of hydrogen-bond acceptors (Lipinski definition) is 3. The maximum absolute atomic E-state index is 4.33. The molecule has 0 aromatic carbocycles. The van der Waals surface area contributed by atoms with E-state index >= 15 is 0 Å². The molecule has 4 nitrogen and oxygen atoms in total. The summed E-state index contributed by atoms with van der Waals surface area (Å²) in [4.78, 5) is 0. The number of rotatable bonds is 4. The third-order valence-corrected chi connectivity index (χ3v) is 4.48. The lowest BCUT2D eigenvalue weighted by Crippen LogP contribution is -2.30. The topological polar surface area (TPSA) is 42.7 Å². The molecule has 122 valence electrons. The number of nitrogens with one attached hydrogen (secondary N) is 1. The van der Waals surface area contributed by atoms with E-state index in [1.807, 2.05) is 13.8 Å². The number of hydrogen-bond donors (Lipinski definition) is 1. The first kappa shape index (κ1) is 18.1. The van der Waals surface area contributed by atoms with Gasteiger partial charge in [-0.3, -0.25) is 0 Å². The predicted molar refractivity (Wildman–Crippen MR) is 89.7 cm³/mol. The zero-order chi connectivity index (χ0) is 16.2. The average molecular weight is 294 g/mol. The second-order valence-corrected chi connectivity index (χ2v) is 6.58. The van der Waals surface area contributed by atoms with E-state index in [0.717, 1.165) is 24.0 Å². The van der Waals surface area contributed by atoms with Gasteiger partial charge in [-0.1, -0.05) is 34.6 Å². The fourth-order valence-corrected chi connectivity index (χ4v) is 3.26. The lowest BCUT2D eigenvalue weighted by atomic mass is 9.99. The highest BCUT2D eigenvalue weighted by atomic mass is 15.3. The molecule has 0 aliphatic carbocycles. The van der Waals surface area contributed by atoms with Crippen molar-refractivity contribution in [2.75, 3.05) is 0 Å². The average Bonchev–Trinajstić information content (AvgIpc) is 2.95. The first-order chi connectivity index (χ1) is 9.90. The van der Waals surface area contributed by atoms with E-state index in [1.165, 1.54) is 6.42 Å². The highest BCUT2D eigenvalue weighted by Gasteiger charge is 2.29. The third-order valence-electron chi connectivity index (χ3n) is 4.48. The second-order valence-electron chi connectivity index (χ2n) is 6.58. The first-order valence-corrected chi connectivity index (χ1v) is 8.57. The number of nitrogens with zero attached hydrogens (tertiary/aromatic N) is 3. The molecule has 4 unspecified atom stereocenters. The van der Waals surface area contributed by atoms with E-state index in [0.29, 0.717) is 24.0 Å². The molecule has 1 saturated heterocycles. The van der Waals surface area contributed by atoms with Crippen LogP contribution in [0.15, 0.2) is 0 Å². The molecule has 1 aromatic heterocycles. The van der Waals surface area contributed by atoms with Crippen LogP contribution in [0.1, 0.15) is 84.9 Å². The largest absolute Gasteiger partial charge is 0.312 e. The van der Waals surface area contributed by atoms with Gasteiger partial charge in [0, 0.05) is 24.0 Å². The minimum Gasteiger partial charge on any atom is -0.312 e. The van der Waals surface area contributed by atoms with Crippen molar-refractivity contribution in [2.24, 2.45) is 5.92 Å². The maximum atomic E-state index is 4.33. The van der Waals surface area contributed by atoms with Gasteiger partial charge in [0.15, 0.2) is 0 Å². The van der Waals surface area contributed by atoms with E-state index in [1.54, 1.807) is 0 Å². The summed E-state index contributed by atoms with van der Waals surface area (Å²) >= 11 is 0. The lowest BCUT2D eigenvalue weighted by Gasteiger charge is -2.22. The van der Waals surface area contributed by atoms with Gasteiger partial charge in [-0.2, -0.15) is 0 Å². The highest BCUT2D eigenvalue weighted by Crippen LogP contribution is 2.28. The van der Waals surface area contributed by atoms with E-state index < -0.39 is 0 Å². The molecule has 0 saturated carbocycles. The minimum absolute atomic E-state index is 0.429. The van der Waals surface area contributed by atoms with Gasteiger partial charge in [0.25, 0.3) is 0 Å². The summed E-state index contributed by atoms with van der Waals surface area (Å²) in [7, 11) is 0. The van der Waals surface area contributed by atoms with Gasteiger partial charge in [0.2, 0.25) is 0 Å². The maximum Gasteiger partial charge on any atom is 0.135 e. The van der Waals surface area contributed by atoms with Crippen molar-refractivity contribution in [1.82, 2.24) is 20.1 Å². The molecule has 1 fully saturated rings. The van der Waals surface area contributed by atoms with Gasteiger partial charge in [0.1, 0.15) is 11.6 Å². The molecule has 4 atom stereocenters. The van der Waals surface area contributed by atoms with Crippen LogP contribution in [0.2, 0.25) is 0 Å². The Balaban J connectivity index is 0.00000106. The van der Waals surface area contributed by atoms with Crippen LogP contribution >= 0.6 is 0 Å². The summed E-state index contributed by atoms with van der Waals surface area (Å²) in [5.74, 6) is 3.36. The van der Waals surface area contributed by atoms with Crippen molar-refractivity contribution in [3.8, 4) is 0 Å². The molecule has 1 N–H and O–H groups in total. The quantitative estimate of drug-likeness (QED) is 0.910. The smallest absolute Gasteiger partial charge is 0.135 e. The summed E-state index contributed by atoms with van der Waals surface area (Å²) in [6.07, 6.45) is 2.44. The Morgan fingerprint density at radius 2 is 1.81 bits per heavy atom. The Morgan fingerprint density at radius 1 is 1.19 bits per heavy atom. The van der Waals surface area contributed by atoms with Gasteiger partial charge in [-0.25, -0.2) is 0 Å². The normalized spacial score (nSPS) is 26.6. The Bertz CT molecular complexity index is 414. The summed E-state index contributed by atoms with van der Waals surface area (Å²) in [5.41, 5.74) is 0. The van der Waals surface area contributed by atoms with Crippen molar-refractivity contribution in [1.29, 1.82) is 0 Å². The zero-order valence-electron chi connectivity index (χ0n) is 15.1. The van der Waals surface area contributed by atoms with Crippen molar-refractivity contribution >= 4 is 0 Å². The number of aryl methyl sites for hydroxylation is 1. The lowest BCUT2D eigenvalue weighted by molar-refractivity contribution is 0.400. The van der Waals surface area contributed by atoms with Gasteiger partial charge in [-0.15, -0.1) is 10.2 Å². The molecule has 0 spiro atoms. The molecule has 2 rings (SSSR count). The molecule has 1 aliphatic rings. The Labute approximate surface area is 130 Å². The molecular weight excluding hydrogens is 260 g/mol. The molecule has 4 heteroatoms. The van der Waals surface area contributed by atoms with E-state index in [2.05, 4.69) is 61.6 Å². The Kier molecular flexibility index (Phi) is 6.85. The summed E-state index contributed by atoms with van der Waals surface area (Å²) in [5, 5.41) is 12.3. The van der Waals surface area contributed by atoms with Gasteiger partial charge < -0.3 is 9.88 Å². The van der Waals surface area contributed by atoms with Crippen LogP contribution in [0.25, 0.3) is 0 Å². The van der Waals surface area contributed by atoms with Crippen LogP contribution in [-0.2, 0) is 0 Å². The van der Waals surface area contributed by atoms with Gasteiger partial charge >= 0.3 is 0 Å². The van der Waals surface area contributed by atoms with Gasteiger partial charge in [0.05, 0.1) is 0 Å². The van der Waals surface area contributed by atoms with Crippen molar-refractivity contribution in [2.45, 2.75) is 92.3 Å². The molecular formula is C17H34N4. The molecule has 0 amide bonds. The Hall–Kier alpha value is -0.900. The standard InChI is InChI=1S/C15H28N4.C2H6/c1-9(2)15-18-17-13(6)19(15)11(4)8-14-7-10(3)12(5)16-14;1-2/h9-12,14,16H,7-8H2,1-6H3;1-2H3. The predicted octanol–water partition coefficient (Wildman–Crippen LogP) is 4.07. The van der Waals surface area contributed by atoms with Crippen molar-refractivity contribution in [3.05, 3.63) is 11.6 Å². The fraction of sp³-hybridized carbons (Fsp3) is 0.882. The third kappa shape index (κ3) is 4.29. The second kappa shape index (κ2) is 7.92. The van der Waals surface area contributed by atoms with Crippen LogP contribution in [0, 0.1) is 12.8 Å². The summed E-state index contributed by atoms with van der Waals surface area (Å²) in [6.45, 7) is 17.3. The van der Waals surface area contributed by atoms with Crippen molar-refractivity contribution in [3.63, 3.8) is 0 Å². The van der Waals surface area contributed by atoms with Gasteiger partial charge in [-0.05, 0) is 39.5 Å². The van der Waals surface area contributed by atoms with Crippen LogP contribution in [-0.4, -0.2) is 26.8 Å². The van der Waals surface area contributed by atoms with Crippen LogP contribution in [0.5, 0.6) is 0 Å².